The molecule has 0 aromatic heterocycles. The summed E-state index contributed by atoms with van der Waals surface area (Å²) in [6, 6.07) is -0.339. The average Bonchev–Trinajstić information content (AvgIpc) is 2.72. The average molecular weight is 213 g/mol. The molecule has 0 saturated carbocycles. The van der Waals surface area contributed by atoms with Crippen molar-refractivity contribution in [2.24, 2.45) is 11.7 Å². The van der Waals surface area contributed by atoms with Gasteiger partial charge in [-0.3, -0.25) is 4.79 Å². The quantitative estimate of drug-likeness (QED) is 0.685. The summed E-state index contributed by atoms with van der Waals surface area (Å²) in [7, 11) is 0. The van der Waals surface area contributed by atoms with Gasteiger partial charge in [0.25, 0.3) is 0 Å². The van der Waals surface area contributed by atoms with Gasteiger partial charge in [-0.05, 0) is 31.8 Å². The van der Waals surface area contributed by atoms with Gasteiger partial charge >= 0.3 is 0 Å². The van der Waals surface area contributed by atoms with E-state index in [1.54, 1.807) is 0 Å². The Kier molecular flexibility index (Phi) is 5.05. The van der Waals surface area contributed by atoms with Crippen LogP contribution in [0.25, 0.3) is 0 Å². The third kappa shape index (κ3) is 3.80. The van der Waals surface area contributed by atoms with Crippen molar-refractivity contribution >= 4 is 5.91 Å². The molecule has 15 heavy (non-hydrogen) atoms. The van der Waals surface area contributed by atoms with Crippen LogP contribution in [0.4, 0.5) is 0 Å². The van der Waals surface area contributed by atoms with E-state index in [0.29, 0.717) is 12.3 Å². The van der Waals surface area contributed by atoms with Gasteiger partial charge in [0.1, 0.15) is 0 Å². The number of hydrogen-bond donors (Lipinski definition) is 2. The molecule has 1 saturated heterocycles. The van der Waals surface area contributed by atoms with Crippen molar-refractivity contribution in [1.29, 1.82) is 0 Å². The number of rotatable bonds is 5. The lowest BCUT2D eigenvalue weighted by Gasteiger charge is -2.15. The lowest BCUT2D eigenvalue weighted by atomic mass is 10.1. The predicted molar refractivity (Wildman–Crippen MR) is 61.5 cm³/mol. The molecule has 0 spiro atoms. The van der Waals surface area contributed by atoms with E-state index in [-0.39, 0.29) is 11.9 Å². The van der Waals surface area contributed by atoms with Crippen LogP contribution in [-0.2, 0) is 4.79 Å². The first-order chi connectivity index (χ1) is 7.17. The first kappa shape index (κ1) is 12.5. The van der Waals surface area contributed by atoms with Crippen molar-refractivity contribution < 1.29 is 4.79 Å². The number of likely N-dealkylation sites (tertiary alicyclic amines) is 1. The maximum atomic E-state index is 11.4. The molecule has 0 radical (unpaired) electrons. The van der Waals surface area contributed by atoms with Gasteiger partial charge in [-0.25, -0.2) is 0 Å². The van der Waals surface area contributed by atoms with E-state index < -0.39 is 0 Å². The molecule has 1 unspecified atom stereocenters. The van der Waals surface area contributed by atoms with Crippen molar-refractivity contribution in [3.8, 4) is 0 Å². The van der Waals surface area contributed by atoms with E-state index in [4.69, 9.17) is 5.73 Å². The second-order valence-electron chi connectivity index (χ2n) is 4.31. The lowest BCUT2D eigenvalue weighted by Crippen LogP contribution is -2.42. The van der Waals surface area contributed by atoms with Crippen LogP contribution in [0.15, 0.2) is 0 Å². The molecular weight excluding hydrogens is 190 g/mol. The topological polar surface area (TPSA) is 58.4 Å². The predicted octanol–water partition coefficient (Wildman–Crippen LogP) is 0.182. The molecule has 0 aromatic carbocycles. The zero-order chi connectivity index (χ0) is 11.3. The van der Waals surface area contributed by atoms with E-state index in [9.17, 15) is 4.79 Å². The van der Waals surface area contributed by atoms with Crippen LogP contribution in [0.3, 0.4) is 0 Å². The summed E-state index contributed by atoms with van der Waals surface area (Å²) in [6.07, 6.45) is 1.90. The molecule has 1 aliphatic rings. The highest BCUT2D eigenvalue weighted by atomic mass is 16.2. The molecule has 0 bridgehead atoms. The van der Waals surface area contributed by atoms with Crippen LogP contribution in [0.2, 0.25) is 0 Å². The Bertz CT molecular complexity index is 208. The molecule has 3 N–H and O–H groups in total. The van der Waals surface area contributed by atoms with Gasteiger partial charge in [-0.15, -0.1) is 0 Å². The second-order valence-corrected chi connectivity index (χ2v) is 4.31. The standard InChI is InChI=1S/C11H23N3O/c1-3-10(12)11(15)13-7-9-5-6-14(4-2)8-9/h9-10H,3-8,12H2,1-2H3,(H,13,15)/t9?,10-/m0/s1. The Hall–Kier alpha value is -0.610. The summed E-state index contributed by atoms with van der Waals surface area (Å²) >= 11 is 0. The molecule has 88 valence electrons. The molecule has 0 aromatic rings. The van der Waals surface area contributed by atoms with Crippen LogP contribution in [0, 0.1) is 5.92 Å². The molecule has 1 amide bonds. The number of carbonyl (C=O) groups is 1. The number of carbonyl (C=O) groups excluding carboxylic acids is 1. The Labute approximate surface area is 92.2 Å². The summed E-state index contributed by atoms with van der Waals surface area (Å²) in [5.41, 5.74) is 5.63. The van der Waals surface area contributed by atoms with Crippen molar-refractivity contribution in [2.75, 3.05) is 26.2 Å². The maximum Gasteiger partial charge on any atom is 0.236 e. The van der Waals surface area contributed by atoms with Crippen LogP contribution in [0.1, 0.15) is 26.7 Å². The lowest BCUT2D eigenvalue weighted by molar-refractivity contribution is -0.122. The van der Waals surface area contributed by atoms with Crippen molar-refractivity contribution in [3.05, 3.63) is 0 Å². The minimum absolute atomic E-state index is 0.00699. The minimum atomic E-state index is -0.339. The number of nitrogens with one attached hydrogen (secondary N) is 1. The fourth-order valence-corrected chi connectivity index (χ4v) is 1.93. The van der Waals surface area contributed by atoms with Crippen molar-refractivity contribution in [3.63, 3.8) is 0 Å². The maximum absolute atomic E-state index is 11.4. The first-order valence-corrected chi connectivity index (χ1v) is 5.93. The van der Waals surface area contributed by atoms with Gasteiger partial charge in [0.2, 0.25) is 5.91 Å². The van der Waals surface area contributed by atoms with E-state index >= 15 is 0 Å². The molecule has 4 heteroatoms. The summed E-state index contributed by atoms with van der Waals surface area (Å²) in [5.74, 6) is 0.602. The van der Waals surface area contributed by atoms with E-state index in [1.807, 2.05) is 6.92 Å². The van der Waals surface area contributed by atoms with Crippen LogP contribution in [-0.4, -0.2) is 43.0 Å². The summed E-state index contributed by atoms with van der Waals surface area (Å²) in [5, 5.41) is 2.93. The monoisotopic (exact) mass is 213 g/mol. The highest BCUT2D eigenvalue weighted by Crippen LogP contribution is 2.14. The van der Waals surface area contributed by atoms with Crippen LogP contribution >= 0.6 is 0 Å². The molecule has 1 rings (SSSR count). The third-order valence-corrected chi connectivity index (χ3v) is 3.16. The third-order valence-electron chi connectivity index (χ3n) is 3.16. The number of nitrogens with zero attached hydrogens (tertiary/aromatic N) is 1. The molecule has 1 fully saturated rings. The zero-order valence-electron chi connectivity index (χ0n) is 9.83. The molecule has 4 nitrogen and oxygen atoms in total. The van der Waals surface area contributed by atoms with Gasteiger partial charge in [0.15, 0.2) is 0 Å². The van der Waals surface area contributed by atoms with Gasteiger partial charge < -0.3 is 16.0 Å². The second kappa shape index (κ2) is 6.08. The largest absolute Gasteiger partial charge is 0.354 e. The molecule has 1 heterocycles. The SMILES string of the molecule is CC[C@H](N)C(=O)NCC1CCN(CC)C1. The first-order valence-electron chi connectivity index (χ1n) is 5.93. The fourth-order valence-electron chi connectivity index (χ4n) is 1.93. The van der Waals surface area contributed by atoms with Gasteiger partial charge in [-0.1, -0.05) is 13.8 Å². The number of amides is 1. The minimum Gasteiger partial charge on any atom is -0.354 e. The van der Waals surface area contributed by atoms with Gasteiger partial charge in [0, 0.05) is 13.1 Å². The Morgan fingerprint density at radius 2 is 2.33 bits per heavy atom. The summed E-state index contributed by atoms with van der Waals surface area (Å²) in [6.45, 7) is 8.27. The van der Waals surface area contributed by atoms with Crippen molar-refractivity contribution in [1.82, 2.24) is 10.2 Å². The van der Waals surface area contributed by atoms with Crippen molar-refractivity contribution in [2.45, 2.75) is 32.7 Å². The Morgan fingerprint density at radius 1 is 1.60 bits per heavy atom. The highest BCUT2D eigenvalue weighted by Gasteiger charge is 2.22. The Balaban J connectivity index is 2.18. The zero-order valence-corrected chi connectivity index (χ0v) is 9.83. The van der Waals surface area contributed by atoms with Crippen LogP contribution < -0.4 is 11.1 Å². The smallest absolute Gasteiger partial charge is 0.236 e. The van der Waals surface area contributed by atoms with E-state index in [2.05, 4.69) is 17.1 Å². The van der Waals surface area contributed by atoms with E-state index in [0.717, 1.165) is 26.2 Å². The fraction of sp³-hybridized carbons (Fsp3) is 0.909. The molecule has 1 aliphatic heterocycles. The summed E-state index contributed by atoms with van der Waals surface area (Å²) < 4.78 is 0. The highest BCUT2D eigenvalue weighted by molar-refractivity contribution is 5.81. The number of hydrogen-bond acceptors (Lipinski definition) is 3. The van der Waals surface area contributed by atoms with Crippen LogP contribution in [0.5, 0.6) is 0 Å². The van der Waals surface area contributed by atoms with Gasteiger partial charge in [0.05, 0.1) is 6.04 Å². The Morgan fingerprint density at radius 3 is 2.87 bits per heavy atom. The molecule has 0 aliphatic carbocycles. The summed E-state index contributed by atoms with van der Waals surface area (Å²) in [4.78, 5) is 13.8. The number of nitrogens with two attached hydrogens (primary N) is 1. The normalized spacial score (nSPS) is 24.1. The molecular formula is C11H23N3O. The van der Waals surface area contributed by atoms with E-state index in [1.165, 1.54) is 6.42 Å². The van der Waals surface area contributed by atoms with Gasteiger partial charge in [-0.2, -0.15) is 0 Å². The molecule has 2 atom stereocenters.